The minimum atomic E-state index is -0.270. The number of nitrogens with zero attached hydrogens (tertiary/aromatic N) is 2. The van der Waals surface area contributed by atoms with Crippen LogP contribution in [0.4, 0.5) is 11.4 Å². The molecule has 0 radical (unpaired) electrons. The van der Waals surface area contributed by atoms with Gasteiger partial charge in [-0.3, -0.25) is 14.3 Å². The molecule has 2 rings (SSSR count). The zero-order valence-electron chi connectivity index (χ0n) is 16.3. The second kappa shape index (κ2) is 8.86. The molecule has 2 amide bonds. The smallest absolute Gasteiger partial charge is 0.248 e. The number of aromatic nitrogens is 2. The Morgan fingerprint density at radius 1 is 1.26 bits per heavy atom. The Kier molecular flexibility index (Phi) is 6.80. The van der Waals surface area contributed by atoms with Crippen molar-refractivity contribution >= 4 is 40.9 Å². The lowest BCUT2D eigenvalue weighted by Crippen LogP contribution is -2.10. The molecular weight excluding hydrogens is 364 g/mol. The first kappa shape index (κ1) is 20.7. The van der Waals surface area contributed by atoms with Gasteiger partial charge in [0.25, 0.3) is 0 Å². The molecule has 2 N–H and O–H groups in total. The van der Waals surface area contributed by atoms with Crippen LogP contribution in [-0.2, 0) is 16.1 Å². The van der Waals surface area contributed by atoms with Crippen molar-refractivity contribution in [1.82, 2.24) is 9.78 Å². The van der Waals surface area contributed by atoms with E-state index in [0.717, 1.165) is 29.1 Å². The Hall–Kier alpha value is -2.60. The van der Waals surface area contributed by atoms with Gasteiger partial charge in [0, 0.05) is 36.5 Å². The molecule has 0 bridgehead atoms. The van der Waals surface area contributed by atoms with E-state index in [1.165, 1.54) is 13.0 Å². The Bertz CT molecular complexity index is 884. The summed E-state index contributed by atoms with van der Waals surface area (Å²) >= 11 is 6.38. The normalized spacial score (nSPS) is 11.2. The van der Waals surface area contributed by atoms with Crippen LogP contribution in [0.5, 0.6) is 0 Å². The first-order valence-corrected chi connectivity index (χ1v) is 9.15. The molecule has 0 atom stereocenters. The molecule has 0 fully saturated rings. The molecule has 2 aromatic rings. The van der Waals surface area contributed by atoms with Crippen LogP contribution >= 0.6 is 11.6 Å². The lowest BCUT2D eigenvalue weighted by Gasteiger charge is -2.09. The summed E-state index contributed by atoms with van der Waals surface area (Å²) in [5, 5.41) is 10.5. The van der Waals surface area contributed by atoms with Crippen LogP contribution < -0.4 is 10.6 Å². The van der Waals surface area contributed by atoms with E-state index in [-0.39, 0.29) is 11.8 Å². The van der Waals surface area contributed by atoms with Gasteiger partial charge in [-0.15, -0.1) is 0 Å². The zero-order chi connectivity index (χ0) is 20.1. The summed E-state index contributed by atoms with van der Waals surface area (Å²) in [6.07, 6.45) is 3.11. The highest BCUT2D eigenvalue weighted by molar-refractivity contribution is 6.31. The number of hydrogen-bond acceptors (Lipinski definition) is 3. The average Bonchev–Trinajstić information content (AvgIpc) is 2.81. The van der Waals surface area contributed by atoms with Crippen LogP contribution in [0.2, 0.25) is 5.15 Å². The largest absolute Gasteiger partial charge is 0.326 e. The number of nitrogens with one attached hydrogen (secondary N) is 2. The van der Waals surface area contributed by atoms with Gasteiger partial charge in [-0.25, -0.2) is 0 Å². The number of aryl methyl sites for hydroxylation is 2. The molecule has 6 nitrogen and oxygen atoms in total. The monoisotopic (exact) mass is 388 g/mol. The van der Waals surface area contributed by atoms with Crippen LogP contribution in [0.1, 0.15) is 37.6 Å². The second-order valence-electron chi connectivity index (χ2n) is 6.90. The van der Waals surface area contributed by atoms with Crippen molar-refractivity contribution < 1.29 is 9.59 Å². The topological polar surface area (TPSA) is 76.0 Å². The van der Waals surface area contributed by atoms with Gasteiger partial charge in [-0.2, -0.15) is 5.10 Å². The number of hydrogen-bond donors (Lipinski definition) is 2. The summed E-state index contributed by atoms with van der Waals surface area (Å²) < 4.78 is 1.75. The maximum absolute atomic E-state index is 12.2. The van der Waals surface area contributed by atoms with Gasteiger partial charge in [0.2, 0.25) is 11.8 Å². The number of halogens is 1. The number of rotatable bonds is 6. The highest BCUT2D eigenvalue weighted by Gasteiger charge is 2.12. The average molecular weight is 389 g/mol. The lowest BCUT2D eigenvalue weighted by atomic mass is 10.1. The molecule has 0 spiro atoms. The molecule has 1 heterocycles. The van der Waals surface area contributed by atoms with Gasteiger partial charge in [0.15, 0.2) is 0 Å². The summed E-state index contributed by atoms with van der Waals surface area (Å²) in [6.45, 7) is 10.1. The quantitative estimate of drug-likeness (QED) is 0.719. The predicted molar refractivity (Wildman–Crippen MR) is 110 cm³/mol. The first-order chi connectivity index (χ1) is 12.7. The van der Waals surface area contributed by atoms with E-state index in [4.69, 9.17) is 11.6 Å². The third-order valence-electron chi connectivity index (χ3n) is 3.85. The van der Waals surface area contributed by atoms with Crippen molar-refractivity contribution in [2.45, 2.75) is 41.2 Å². The molecule has 0 saturated heterocycles. The van der Waals surface area contributed by atoms with Gasteiger partial charge in [0.05, 0.1) is 5.69 Å². The van der Waals surface area contributed by atoms with Crippen LogP contribution in [0.3, 0.4) is 0 Å². The van der Waals surface area contributed by atoms with Crippen LogP contribution in [0.15, 0.2) is 24.3 Å². The molecule has 144 valence electrons. The third-order valence-corrected chi connectivity index (χ3v) is 4.25. The summed E-state index contributed by atoms with van der Waals surface area (Å²) in [5.41, 5.74) is 3.75. The lowest BCUT2D eigenvalue weighted by molar-refractivity contribution is -0.114. The highest BCUT2D eigenvalue weighted by Crippen LogP contribution is 2.23. The SMILES string of the molecule is CC(=O)Nc1ccc(NC(=O)/C=C/c2c(C)nn(CC(C)C)c2Cl)cc1C. The molecule has 0 aliphatic heterocycles. The van der Waals surface area contributed by atoms with Crippen molar-refractivity contribution in [3.05, 3.63) is 46.2 Å². The molecule has 1 aromatic heterocycles. The maximum atomic E-state index is 12.2. The number of amides is 2. The molecule has 27 heavy (non-hydrogen) atoms. The maximum Gasteiger partial charge on any atom is 0.248 e. The van der Waals surface area contributed by atoms with Gasteiger partial charge in [0.1, 0.15) is 5.15 Å². The molecule has 1 aromatic carbocycles. The van der Waals surface area contributed by atoms with E-state index in [9.17, 15) is 9.59 Å². The van der Waals surface area contributed by atoms with Crippen LogP contribution in [0, 0.1) is 19.8 Å². The number of carbonyl (C=O) groups excluding carboxylic acids is 2. The molecular formula is C20H25ClN4O2. The highest BCUT2D eigenvalue weighted by atomic mass is 35.5. The first-order valence-electron chi connectivity index (χ1n) is 8.77. The fraction of sp³-hybridized carbons (Fsp3) is 0.350. The van der Waals surface area contributed by atoms with E-state index in [1.54, 1.807) is 29.0 Å². The summed E-state index contributed by atoms with van der Waals surface area (Å²) in [5.74, 6) is 0.0162. The van der Waals surface area contributed by atoms with Gasteiger partial charge < -0.3 is 10.6 Å². The van der Waals surface area contributed by atoms with Gasteiger partial charge >= 0.3 is 0 Å². The summed E-state index contributed by atoms with van der Waals surface area (Å²) in [4.78, 5) is 23.4. The van der Waals surface area contributed by atoms with Crippen molar-refractivity contribution in [2.24, 2.45) is 5.92 Å². The van der Waals surface area contributed by atoms with Crippen molar-refractivity contribution in [3.8, 4) is 0 Å². The van der Waals surface area contributed by atoms with Crippen LogP contribution in [-0.4, -0.2) is 21.6 Å². The third kappa shape index (κ3) is 5.69. The van der Waals surface area contributed by atoms with Crippen molar-refractivity contribution in [3.63, 3.8) is 0 Å². The number of carbonyl (C=O) groups is 2. The van der Waals surface area contributed by atoms with Gasteiger partial charge in [-0.1, -0.05) is 25.4 Å². The summed E-state index contributed by atoms with van der Waals surface area (Å²) in [6, 6.07) is 5.30. The fourth-order valence-electron chi connectivity index (χ4n) is 2.64. The fourth-order valence-corrected chi connectivity index (χ4v) is 2.94. The Morgan fingerprint density at radius 3 is 2.56 bits per heavy atom. The minimum Gasteiger partial charge on any atom is -0.326 e. The molecule has 0 unspecified atom stereocenters. The van der Waals surface area contributed by atoms with E-state index >= 15 is 0 Å². The molecule has 0 saturated carbocycles. The summed E-state index contributed by atoms with van der Waals surface area (Å²) in [7, 11) is 0. The Morgan fingerprint density at radius 2 is 1.96 bits per heavy atom. The van der Waals surface area contributed by atoms with E-state index in [2.05, 4.69) is 29.6 Å². The minimum absolute atomic E-state index is 0.136. The standard InChI is InChI=1S/C20H25ClN4O2/c1-12(2)11-25-20(21)17(14(4)24-25)7-9-19(27)23-16-6-8-18(13(3)10-16)22-15(5)26/h6-10,12H,11H2,1-5H3,(H,22,26)(H,23,27)/b9-7+. The number of benzene rings is 1. The van der Waals surface area contributed by atoms with E-state index in [0.29, 0.717) is 16.8 Å². The van der Waals surface area contributed by atoms with Crippen molar-refractivity contribution in [1.29, 1.82) is 0 Å². The van der Waals surface area contributed by atoms with E-state index in [1.807, 2.05) is 13.8 Å². The Labute approximate surface area is 164 Å². The second-order valence-corrected chi connectivity index (χ2v) is 7.26. The predicted octanol–water partition coefficient (Wildman–Crippen LogP) is 4.42. The number of anilines is 2. The molecule has 0 aliphatic carbocycles. The van der Waals surface area contributed by atoms with E-state index < -0.39 is 0 Å². The molecule has 0 aliphatic rings. The van der Waals surface area contributed by atoms with Crippen LogP contribution in [0.25, 0.3) is 6.08 Å². The van der Waals surface area contributed by atoms with Crippen molar-refractivity contribution in [2.75, 3.05) is 10.6 Å². The molecule has 7 heteroatoms. The zero-order valence-corrected chi connectivity index (χ0v) is 17.0. The van der Waals surface area contributed by atoms with Gasteiger partial charge in [-0.05, 0) is 49.6 Å². The Balaban J connectivity index is 2.09.